The van der Waals surface area contributed by atoms with Gasteiger partial charge in [0.1, 0.15) is 0 Å². The lowest BCUT2D eigenvalue weighted by molar-refractivity contribution is 0.880. The van der Waals surface area contributed by atoms with Crippen LogP contribution >= 0.6 is 11.8 Å². The topological polar surface area (TPSA) is 12.4 Å². The highest BCUT2D eigenvalue weighted by Gasteiger charge is 2.19. The predicted octanol–water partition coefficient (Wildman–Crippen LogP) is 6.05. The minimum Gasteiger partial charge on any atom is -0.251 e. The number of hydrogen-bond donors (Lipinski definition) is 0. The van der Waals surface area contributed by atoms with Crippen LogP contribution < -0.4 is 0 Å². The third kappa shape index (κ3) is 3.02. The second-order valence-corrected chi connectivity index (χ2v) is 6.53. The summed E-state index contributed by atoms with van der Waals surface area (Å²) in [7, 11) is 0. The molecule has 0 unspecified atom stereocenters. The number of thioether (sulfide) groups is 1. The Morgan fingerprint density at radius 2 is 1.64 bits per heavy atom. The summed E-state index contributed by atoms with van der Waals surface area (Å²) in [6.45, 7) is 4.45. The summed E-state index contributed by atoms with van der Waals surface area (Å²) >= 11 is 1.89. The summed E-state index contributed by atoms with van der Waals surface area (Å²) in [4.78, 5) is 7.82. The molecule has 2 heteroatoms. The molecule has 0 bridgehead atoms. The molecule has 1 nitrogen and oxygen atoms in total. The van der Waals surface area contributed by atoms with Crippen molar-refractivity contribution in [2.24, 2.45) is 4.99 Å². The van der Waals surface area contributed by atoms with Crippen LogP contribution in [0, 0.1) is 0 Å². The normalized spacial score (nSPS) is 14.4. The Labute approximate surface area is 137 Å². The van der Waals surface area contributed by atoms with Gasteiger partial charge in [0.25, 0.3) is 0 Å². The molecule has 2 aromatic carbocycles. The van der Waals surface area contributed by atoms with Crippen molar-refractivity contribution < 1.29 is 0 Å². The molecule has 0 N–H and O–H groups in total. The lowest BCUT2D eigenvalue weighted by Crippen LogP contribution is -2.04. The molecule has 0 atom stereocenters. The Balaban J connectivity index is 2.21. The molecule has 1 aliphatic heterocycles. The largest absolute Gasteiger partial charge is 0.251 e. The first kappa shape index (κ1) is 15.1. The van der Waals surface area contributed by atoms with E-state index in [0.29, 0.717) is 0 Å². The quantitative estimate of drug-likeness (QED) is 0.669. The van der Waals surface area contributed by atoms with Gasteiger partial charge in [0.2, 0.25) is 0 Å². The van der Waals surface area contributed by atoms with Crippen LogP contribution in [0.2, 0.25) is 0 Å². The van der Waals surface area contributed by atoms with E-state index >= 15 is 0 Å². The molecule has 0 saturated carbocycles. The SMILES string of the molecule is CCCC1=C(CC)Sc2ccccc2C(c2ccccc2)=N1. The summed E-state index contributed by atoms with van der Waals surface area (Å²) in [6.07, 6.45) is 3.21. The molecule has 0 radical (unpaired) electrons. The summed E-state index contributed by atoms with van der Waals surface area (Å²) in [5, 5.41) is 0. The van der Waals surface area contributed by atoms with Crippen LogP contribution in [0.5, 0.6) is 0 Å². The van der Waals surface area contributed by atoms with Crippen molar-refractivity contribution >= 4 is 17.5 Å². The van der Waals surface area contributed by atoms with Gasteiger partial charge in [-0.1, -0.05) is 80.6 Å². The standard InChI is InChI=1S/C20H21NS/c1-3-10-17-18(4-2)22-19-14-9-8-13-16(19)20(21-17)15-11-6-5-7-12-15/h5-9,11-14H,3-4,10H2,1-2H3. The predicted molar refractivity (Wildman–Crippen MR) is 96.6 cm³/mol. The Hall–Kier alpha value is -1.80. The Morgan fingerprint density at radius 1 is 0.909 bits per heavy atom. The van der Waals surface area contributed by atoms with Gasteiger partial charge < -0.3 is 0 Å². The van der Waals surface area contributed by atoms with E-state index in [9.17, 15) is 0 Å². The number of allylic oxidation sites excluding steroid dienone is 2. The Kier molecular flexibility index (Phi) is 4.79. The lowest BCUT2D eigenvalue weighted by Gasteiger charge is -2.09. The number of aliphatic imine (C=N–C) groups is 1. The number of benzene rings is 2. The van der Waals surface area contributed by atoms with Crippen molar-refractivity contribution in [2.45, 2.75) is 38.0 Å². The molecule has 0 amide bonds. The van der Waals surface area contributed by atoms with Crippen LogP contribution in [-0.2, 0) is 0 Å². The molecule has 0 fully saturated rings. The van der Waals surface area contributed by atoms with E-state index < -0.39 is 0 Å². The van der Waals surface area contributed by atoms with Gasteiger partial charge >= 0.3 is 0 Å². The summed E-state index contributed by atoms with van der Waals surface area (Å²) in [6, 6.07) is 19.2. The van der Waals surface area contributed by atoms with Crippen molar-refractivity contribution in [1.82, 2.24) is 0 Å². The number of hydrogen-bond acceptors (Lipinski definition) is 2. The van der Waals surface area contributed by atoms with Crippen molar-refractivity contribution in [1.29, 1.82) is 0 Å². The van der Waals surface area contributed by atoms with Crippen molar-refractivity contribution in [3.05, 3.63) is 76.3 Å². The van der Waals surface area contributed by atoms with Crippen molar-refractivity contribution in [3.63, 3.8) is 0 Å². The average molecular weight is 307 g/mol. The van der Waals surface area contributed by atoms with E-state index in [0.717, 1.165) is 25.0 Å². The maximum Gasteiger partial charge on any atom is 0.0789 e. The van der Waals surface area contributed by atoms with Gasteiger partial charge in [-0.3, -0.25) is 4.99 Å². The van der Waals surface area contributed by atoms with E-state index in [1.165, 1.54) is 26.6 Å². The highest BCUT2D eigenvalue weighted by Crippen LogP contribution is 2.39. The Morgan fingerprint density at radius 3 is 2.36 bits per heavy atom. The zero-order valence-corrected chi connectivity index (χ0v) is 14.0. The van der Waals surface area contributed by atoms with E-state index in [-0.39, 0.29) is 0 Å². The van der Waals surface area contributed by atoms with Gasteiger partial charge in [-0.15, -0.1) is 0 Å². The van der Waals surface area contributed by atoms with Crippen LogP contribution in [0.1, 0.15) is 44.2 Å². The highest BCUT2D eigenvalue weighted by molar-refractivity contribution is 8.03. The average Bonchev–Trinajstić information content (AvgIpc) is 2.73. The van der Waals surface area contributed by atoms with Gasteiger partial charge in [-0.25, -0.2) is 0 Å². The van der Waals surface area contributed by atoms with Gasteiger partial charge in [-0.05, 0) is 18.9 Å². The highest BCUT2D eigenvalue weighted by atomic mass is 32.2. The Bertz CT molecular complexity index is 713. The molecule has 3 rings (SSSR count). The third-order valence-corrected chi connectivity index (χ3v) is 5.15. The minimum atomic E-state index is 1.04. The molecule has 1 heterocycles. The molecule has 22 heavy (non-hydrogen) atoms. The van der Waals surface area contributed by atoms with E-state index in [1.54, 1.807) is 0 Å². The van der Waals surface area contributed by atoms with Crippen LogP contribution in [0.4, 0.5) is 0 Å². The fourth-order valence-corrected chi connectivity index (χ4v) is 3.82. The minimum absolute atomic E-state index is 1.04. The first-order valence-electron chi connectivity index (χ1n) is 7.96. The molecule has 0 aromatic heterocycles. The molecule has 2 aromatic rings. The lowest BCUT2D eigenvalue weighted by atomic mass is 10.0. The van der Waals surface area contributed by atoms with Crippen LogP contribution in [0.15, 0.2) is 75.1 Å². The van der Waals surface area contributed by atoms with E-state index in [1.807, 2.05) is 11.8 Å². The molecule has 0 saturated heterocycles. The number of nitrogens with zero attached hydrogens (tertiary/aromatic N) is 1. The van der Waals surface area contributed by atoms with Gasteiger partial charge in [0.15, 0.2) is 0 Å². The molecule has 1 aliphatic rings. The van der Waals surface area contributed by atoms with Crippen LogP contribution in [0.25, 0.3) is 0 Å². The van der Waals surface area contributed by atoms with Crippen molar-refractivity contribution in [3.8, 4) is 0 Å². The molecule has 0 spiro atoms. The van der Waals surface area contributed by atoms with E-state index in [2.05, 4.69) is 68.4 Å². The maximum atomic E-state index is 5.10. The number of rotatable bonds is 4. The zero-order chi connectivity index (χ0) is 15.4. The first-order chi connectivity index (χ1) is 10.8. The van der Waals surface area contributed by atoms with Crippen molar-refractivity contribution in [2.75, 3.05) is 0 Å². The molecule has 112 valence electrons. The smallest absolute Gasteiger partial charge is 0.0789 e. The van der Waals surface area contributed by atoms with Gasteiger partial charge in [0.05, 0.1) is 11.4 Å². The van der Waals surface area contributed by atoms with Gasteiger partial charge in [-0.2, -0.15) is 0 Å². The second kappa shape index (κ2) is 6.97. The van der Waals surface area contributed by atoms with E-state index in [4.69, 9.17) is 4.99 Å². The molecular weight excluding hydrogens is 286 g/mol. The maximum absolute atomic E-state index is 5.10. The monoisotopic (exact) mass is 307 g/mol. The fraction of sp³-hybridized carbons (Fsp3) is 0.250. The first-order valence-corrected chi connectivity index (χ1v) is 8.78. The fourth-order valence-electron chi connectivity index (χ4n) is 2.72. The zero-order valence-electron chi connectivity index (χ0n) is 13.2. The summed E-state index contributed by atoms with van der Waals surface area (Å²) in [5.41, 5.74) is 4.80. The molecular formula is C20H21NS. The summed E-state index contributed by atoms with van der Waals surface area (Å²) < 4.78 is 0. The molecule has 0 aliphatic carbocycles. The van der Waals surface area contributed by atoms with Crippen LogP contribution in [0.3, 0.4) is 0 Å². The third-order valence-electron chi connectivity index (χ3n) is 3.80. The van der Waals surface area contributed by atoms with Crippen LogP contribution in [-0.4, -0.2) is 5.71 Å². The number of fused-ring (bicyclic) bond motifs is 1. The summed E-state index contributed by atoms with van der Waals surface area (Å²) in [5.74, 6) is 0. The van der Waals surface area contributed by atoms with Gasteiger partial charge in [0, 0.05) is 20.9 Å². The second-order valence-electron chi connectivity index (χ2n) is 5.40.